The minimum Gasteiger partial charge on any atom is -0.481 e. The number of hydrogen-bond acceptors (Lipinski definition) is 3. The predicted molar refractivity (Wildman–Crippen MR) is 94.0 cm³/mol. The lowest BCUT2D eigenvalue weighted by molar-refractivity contribution is -0.150. The number of benzene rings is 1. The van der Waals surface area contributed by atoms with E-state index in [4.69, 9.17) is 0 Å². The minimum absolute atomic E-state index is 0.134. The fourth-order valence-electron chi connectivity index (χ4n) is 5.08. The summed E-state index contributed by atoms with van der Waals surface area (Å²) < 4.78 is 0. The van der Waals surface area contributed by atoms with E-state index in [1.807, 2.05) is 24.0 Å². The fraction of sp³-hybridized carbons (Fsp3) is 0.600. The van der Waals surface area contributed by atoms with E-state index < -0.39 is 11.4 Å². The number of aliphatic carboxylic acids is 1. The Morgan fingerprint density at radius 2 is 2.04 bits per heavy atom. The van der Waals surface area contributed by atoms with Gasteiger partial charge in [0.2, 0.25) is 5.91 Å². The number of likely N-dealkylation sites (tertiary alicyclic amines) is 1. The number of nitrogens with zero attached hydrogens (tertiary/aromatic N) is 2. The van der Waals surface area contributed by atoms with Gasteiger partial charge in [-0.25, -0.2) is 0 Å². The van der Waals surface area contributed by atoms with Crippen LogP contribution in [-0.4, -0.2) is 52.5 Å². The van der Waals surface area contributed by atoms with Crippen molar-refractivity contribution in [3.8, 4) is 0 Å². The Morgan fingerprint density at radius 1 is 1.28 bits per heavy atom. The van der Waals surface area contributed by atoms with Gasteiger partial charge in [-0.05, 0) is 43.2 Å². The molecule has 5 heteroatoms. The van der Waals surface area contributed by atoms with Crippen molar-refractivity contribution < 1.29 is 14.7 Å². The van der Waals surface area contributed by atoms with Gasteiger partial charge in [-0.3, -0.25) is 14.5 Å². The maximum absolute atomic E-state index is 13.0. The third-order valence-electron chi connectivity index (χ3n) is 6.67. The molecule has 1 saturated carbocycles. The zero-order valence-electron chi connectivity index (χ0n) is 14.8. The van der Waals surface area contributed by atoms with Gasteiger partial charge in [-0.1, -0.05) is 30.7 Å². The van der Waals surface area contributed by atoms with E-state index in [1.165, 1.54) is 11.1 Å². The van der Waals surface area contributed by atoms with Crippen LogP contribution in [0.25, 0.3) is 0 Å². The first-order valence-electron chi connectivity index (χ1n) is 9.34. The van der Waals surface area contributed by atoms with Crippen LogP contribution < -0.4 is 0 Å². The van der Waals surface area contributed by atoms with Crippen LogP contribution in [0.2, 0.25) is 0 Å². The third kappa shape index (κ3) is 2.65. The lowest BCUT2D eigenvalue weighted by Gasteiger charge is -2.34. The zero-order valence-corrected chi connectivity index (χ0v) is 14.8. The summed E-state index contributed by atoms with van der Waals surface area (Å²) in [5, 5.41) is 9.75. The summed E-state index contributed by atoms with van der Waals surface area (Å²) in [6.45, 7) is 4.62. The number of hydrogen-bond donors (Lipinski definition) is 1. The summed E-state index contributed by atoms with van der Waals surface area (Å²) in [4.78, 5) is 28.9. The maximum atomic E-state index is 13.0. The topological polar surface area (TPSA) is 60.9 Å². The molecule has 2 heterocycles. The standard InChI is InChI=1S/C20H26N2O3/c1-14(22-12-17-7-4-9-20(17,13-22)19(24)25)18(23)21-10-8-15-5-2-3-6-16(15)11-21/h2-3,5-6,14,17H,4,7-13H2,1H3,(H,24,25)/t14?,17-,20+/m0/s1. The number of carbonyl (C=O) groups is 2. The molecule has 0 bridgehead atoms. The molecule has 3 atom stereocenters. The molecule has 0 spiro atoms. The molecule has 1 saturated heterocycles. The van der Waals surface area contributed by atoms with E-state index in [0.29, 0.717) is 13.1 Å². The molecule has 2 aliphatic heterocycles. The summed E-state index contributed by atoms with van der Waals surface area (Å²) in [5.74, 6) is -0.346. The van der Waals surface area contributed by atoms with Crippen LogP contribution in [0.15, 0.2) is 24.3 Å². The summed E-state index contributed by atoms with van der Waals surface area (Å²) in [5.41, 5.74) is 1.94. The van der Waals surface area contributed by atoms with Gasteiger partial charge < -0.3 is 10.0 Å². The normalized spacial score (nSPS) is 30.0. The SMILES string of the molecule is CC(C(=O)N1CCc2ccccc2C1)N1C[C@@H]2CCC[C@@]2(C(=O)O)C1. The Bertz CT molecular complexity index is 704. The minimum atomic E-state index is -0.677. The Labute approximate surface area is 148 Å². The molecule has 4 rings (SSSR count). The molecule has 1 aromatic carbocycles. The van der Waals surface area contributed by atoms with E-state index in [1.54, 1.807) is 0 Å². The third-order valence-corrected chi connectivity index (χ3v) is 6.67. The summed E-state index contributed by atoms with van der Waals surface area (Å²) in [6, 6.07) is 8.06. The fourth-order valence-corrected chi connectivity index (χ4v) is 5.08. The molecule has 1 N–H and O–H groups in total. The quantitative estimate of drug-likeness (QED) is 0.914. The first-order valence-corrected chi connectivity index (χ1v) is 9.34. The molecular formula is C20H26N2O3. The maximum Gasteiger partial charge on any atom is 0.311 e. The van der Waals surface area contributed by atoms with E-state index in [-0.39, 0.29) is 17.9 Å². The van der Waals surface area contributed by atoms with E-state index in [9.17, 15) is 14.7 Å². The molecule has 1 aromatic rings. The van der Waals surface area contributed by atoms with Crippen molar-refractivity contribution in [2.45, 2.75) is 45.2 Å². The molecule has 1 aliphatic carbocycles. The first kappa shape index (κ1) is 16.6. The second kappa shape index (κ2) is 6.13. The van der Waals surface area contributed by atoms with Crippen molar-refractivity contribution in [2.75, 3.05) is 19.6 Å². The second-order valence-corrected chi connectivity index (χ2v) is 7.93. The highest BCUT2D eigenvalue weighted by molar-refractivity contribution is 5.82. The van der Waals surface area contributed by atoms with Gasteiger partial charge in [0.25, 0.3) is 0 Å². The second-order valence-electron chi connectivity index (χ2n) is 7.93. The molecular weight excluding hydrogens is 316 g/mol. The van der Waals surface area contributed by atoms with Gasteiger partial charge in [-0.15, -0.1) is 0 Å². The van der Waals surface area contributed by atoms with Crippen LogP contribution in [0.5, 0.6) is 0 Å². The Morgan fingerprint density at radius 3 is 2.76 bits per heavy atom. The van der Waals surface area contributed by atoms with E-state index in [2.05, 4.69) is 17.0 Å². The monoisotopic (exact) mass is 342 g/mol. The molecule has 5 nitrogen and oxygen atoms in total. The Kier molecular flexibility index (Phi) is 4.07. The average Bonchev–Trinajstić information content (AvgIpc) is 3.18. The number of carboxylic acid groups (broad SMARTS) is 1. The Hall–Kier alpha value is -1.88. The molecule has 0 aromatic heterocycles. The van der Waals surface area contributed by atoms with E-state index >= 15 is 0 Å². The number of rotatable bonds is 3. The van der Waals surface area contributed by atoms with Gasteiger partial charge in [0, 0.05) is 26.2 Å². The van der Waals surface area contributed by atoms with Crippen LogP contribution in [0.1, 0.15) is 37.3 Å². The van der Waals surface area contributed by atoms with Gasteiger partial charge in [0.15, 0.2) is 0 Å². The summed E-state index contributed by atoms with van der Waals surface area (Å²) in [7, 11) is 0. The zero-order chi connectivity index (χ0) is 17.6. The first-order chi connectivity index (χ1) is 12.0. The van der Waals surface area contributed by atoms with Crippen LogP contribution in [-0.2, 0) is 22.6 Å². The number of amides is 1. The highest BCUT2D eigenvalue weighted by Crippen LogP contribution is 2.49. The number of carboxylic acids is 1. The molecule has 1 unspecified atom stereocenters. The van der Waals surface area contributed by atoms with Crippen molar-refractivity contribution in [3.05, 3.63) is 35.4 Å². The van der Waals surface area contributed by atoms with Crippen molar-refractivity contribution in [3.63, 3.8) is 0 Å². The largest absolute Gasteiger partial charge is 0.481 e. The molecule has 2 fully saturated rings. The van der Waals surface area contributed by atoms with Crippen molar-refractivity contribution >= 4 is 11.9 Å². The smallest absolute Gasteiger partial charge is 0.311 e. The lowest BCUT2D eigenvalue weighted by Crippen LogP contribution is -2.48. The number of carbonyl (C=O) groups excluding carboxylic acids is 1. The molecule has 134 valence electrons. The predicted octanol–water partition coefficient (Wildman–Crippen LogP) is 2.15. The highest BCUT2D eigenvalue weighted by Gasteiger charge is 2.56. The summed E-state index contributed by atoms with van der Waals surface area (Å²) >= 11 is 0. The van der Waals surface area contributed by atoms with Crippen LogP contribution >= 0.6 is 0 Å². The van der Waals surface area contributed by atoms with Gasteiger partial charge in [0.1, 0.15) is 0 Å². The molecule has 3 aliphatic rings. The lowest BCUT2D eigenvalue weighted by atomic mass is 9.81. The molecule has 1 amide bonds. The molecule has 0 radical (unpaired) electrons. The van der Waals surface area contributed by atoms with Gasteiger partial charge in [0.05, 0.1) is 11.5 Å². The van der Waals surface area contributed by atoms with Crippen molar-refractivity contribution in [2.24, 2.45) is 11.3 Å². The Balaban J connectivity index is 1.46. The molecule has 25 heavy (non-hydrogen) atoms. The van der Waals surface area contributed by atoms with Crippen LogP contribution in [0, 0.1) is 11.3 Å². The number of fused-ring (bicyclic) bond motifs is 2. The van der Waals surface area contributed by atoms with Crippen LogP contribution in [0.4, 0.5) is 0 Å². The van der Waals surface area contributed by atoms with Gasteiger partial charge in [-0.2, -0.15) is 0 Å². The summed E-state index contributed by atoms with van der Waals surface area (Å²) in [6.07, 6.45) is 3.62. The van der Waals surface area contributed by atoms with Crippen molar-refractivity contribution in [1.82, 2.24) is 9.80 Å². The highest BCUT2D eigenvalue weighted by atomic mass is 16.4. The van der Waals surface area contributed by atoms with E-state index in [0.717, 1.165) is 38.8 Å². The van der Waals surface area contributed by atoms with Gasteiger partial charge >= 0.3 is 5.97 Å². The van der Waals surface area contributed by atoms with Crippen molar-refractivity contribution in [1.29, 1.82) is 0 Å². The average molecular weight is 342 g/mol. The van der Waals surface area contributed by atoms with Crippen LogP contribution in [0.3, 0.4) is 0 Å².